The number of fused-ring (bicyclic) bond motifs is 1. The molecule has 0 aliphatic rings. The molecule has 0 radical (unpaired) electrons. The van der Waals surface area contributed by atoms with Crippen LogP contribution in [0.4, 0.5) is 0 Å². The SMILES string of the molecule is Clc1ccccc1CN/N=C\c1cc(Br)c(OCc2cccc3ccccc23)c(Br)c1. The molecular formula is C25H19Br2ClN2O. The summed E-state index contributed by atoms with van der Waals surface area (Å²) in [6.45, 7) is 1.04. The predicted molar refractivity (Wildman–Crippen MR) is 136 cm³/mol. The van der Waals surface area contributed by atoms with Gasteiger partial charge in [0.15, 0.2) is 0 Å². The summed E-state index contributed by atoms with van der Waals surface area (Å²) < 4.78 is 7.86. The largest absolute Gasteiger partial charge is 0.487 e. The molecule has 1 N–H and O–H groups in total. The van der Waals surface area contributed by atoms with Gasteiger partial charge < -0.3 is 10.2 Å². The van der Waals surface area contributed by atoms with Crippen molar-refractivity contribution in [3.05, 3.63) is 110 Å². The number of rotatable bonds is 7. The van der Waals surface area contributed by atoms with Crippen molar-refractivity contribution in [1.82, 2.24) is 5.43 Å². The molecule has 6 heteroatoms. The Labute approximate surface area is 203 Å². The summed E-state index contributed by atoms with van der Waals surface area (Å²) in [6, 6.07) is 26.2. The second kappa shape index (κ2) is 10.3. The van der Waals surface area contributed by atoms with Crippen molar-refractivity contribution in [1.29, 1.82) is 0 Å². The lowest BCUT2D eigenvalue weighted by molar-refractivity contribution is 0.303. The van der Waals surface area contributed by atoms with E-state index in [1.807, 2.05) is 48.5 Å². The van der Waals surface area contributed by atoms with E-state index in [0.29, 0.717) is 13.2 Å². The van der Waals surface area contributed by atoms with Gasteiger partial charge >= 0.3 is 0 Å². The van der Waals surface area contributed by atoms with Crippen LogP contribution in [0.5, 0.6) is 5.75 Å². The fourth-order valence-electron chi connectivity index (χ4n) is 3.25. The van der Waals surface area contributed by atoms with Crippen molar-refractivity contribution < 1.29 is 4.74 Å². The van der Waals surface area contributed by atoms with E-state index < -0.39 is 0 Å². The maximum atomic E-state index is 6.17. The van der Waals surface area contributed by atoms with Gasteiger partial charge in [-0.2, -0.15) is 5.10 Å². The van der Waals surface area contributed by atoms with Crippen molar-refractivity contribution in [3.63, 3.8) is 0 Å². The minimum atomic E-state index is 0.478. The second-order valence-electron chi connectivity index (χ2n) is 6.93. The fraction of sp³-hybridized carbons (Fsp3) is 0.0800. The molecule has 0 atom stereocenters. The van der Waals surface area contributed by atoms with Gasteiger partial charge in [0.05, 0.1) is 21.7 Å². The highest BCUT2D eigenvalue weighted by Gasteiger charge is 2.10. The first-order valence-electron chi connectivity index (χ1n) is 9.69. The van der Waals surface area contributed by atoms with Gasteiger partial charge in [-0.05, 0) is 77.5 Å². The molecule has 0 amide bonds. The zero-order chi connectivity index (χ0) is 21.6. The first kappa shape index (κ1) is 21.9. The van der Waals surface area contributed by atoms with E-state index in [1.165, 1.54) is 10.8 Å². The smallest absolute Gasteiger partial charge is 0.148 e. The van der Waals surface area contributed by atoms with Crippen molar-refractivity contribution in [2.75, 3.05) is 0 Å². The Morgan fingerprint density at radius 3 is 2.35 bits per heavy atom. The third-order valence-corrected chi connectivity index (χ3v) is 6.35. The monoisotopic (exact) mass is 556 g/mol. The molecule has 0 bridgehead atoms. The highest BCUT2D eigenvalue weighted by Crippen LogP contribution is 2.35. The molecule has 0 spiro atoms. The fourth-order valence-corrected chi connectivity index (χ4v) is 4.91. The summed E-state index contributed by atoms with van der Waals surface area (Å²) in [5.41, 5.74) is 6.11. The lowest BCUT2D eigenvalue weighted by Gasteiger charge is -2.13. The molecule has 0 aromatic heterocycles. The van der Waals surface area contributed by atoms with Gasteiger partial charge in [0, 0.05) is 5.02 Å². The average Bonchev–Trinajstić information content (AvgIpc) is 2.77. The number of hydrazone groups is 1. The Morgan fingerprint density at radius 2 is 1.55 bits per heavy atom. The maximum absolute atomic E-state index is 6.17. The number of hydrogen-bond donors (Lipinski definition) is 1. The Bertz CT molecular complexity index is 1210. The molecule has 0 fully saturated rings. The highest BCUT2D eigenvalue weighted by molar-refractivity contribution is 9.11. The van der Waals surface area contributed by atoms with Crippen molar-refractivity contribution in [2.24, 2.45) is 5.10 Å². The first-order valence-corrected chi connectivity index (χ1v) is 11.7. The first-order chi connectivity index (χ1) is 15.1. The number of nitrogens with one attached hydrogen (secondary N) is 1. The van der Waals surface area contributed by atoms with E-state index in [-0.39, 0.29) is 0 Å². The van der Waals surface area contributed by atoms with Crippen LogP contribution in [0, 0.1) is 0 Å². The highest BCUT2D eigenvalue weighted by atomic mass is 79.9. The van der Waals surface area contributed by atoms with Crippen LogP contribution >= 0.6 is 43.5 Å². The van der Waals surface area contributed by atoms with Crippen LogP contribution in [0.3, 0.4) is 0 Å². The quantitative estimate of drug-likeness (QED) is 0.186. The van der Waals surface area contributed by atoms with Crippen LogP contribution in [-0.4, -0.2) is 6.21 Å². The van der Waals surface area contributed by atoms with E-state index in [9.17, 15) is 0 Å². The summed E-state index contributed by atoms with van der Waals surface area (Å²) in [5, 5.41) is 7.43. The van der Waals surface area contributed by atoms with Crippen LogP contribution in [0.2, 0.25) is 5.02 Å². The molecule has 3 nitrogen and oxygen atoms in total. The summed E-state index contributed by atoms with van der Waals surface area (Å²) >= 11 is 13.4. The zero-order valence-electron chi connectivity index (χ0n) is 16.5. The molecule has 0 aliphatic carbocycles. The van der Waals surface area contributed by atoms with Gasteiger partial charge in [-0.3, -0.25) is 0 Å². The molecule has 0 heterocycles. The molecule has 4 aromatic carbocycles. The maximum Gasteiger partial charge on any atom is 0.148 e. The molecule has 4 aromatic rings. The number of ether oxygens (including phenoxy) is 1. The standard InChI is InChI=1S/C25H19Br2ClN2O/c26-22-12-17(14-29-30-15-19-7-2-4-11-24(19)28)13-23(27)25(22)31-16-20-9-5-8-18-6-1-3-10-21(18)20/h1-14,30H,15-16H2/b29-14-. The minimum Gasteiger partial charge on any atom is -0.487 e. The number of benzene rings is 4. The van der Waals surface area contributed by atoms with Gasteiger partial charge in [0.25, 0.3) is 0 Å². The Hall–Kier alpha value is -2.34. The molecular weight excluding hydrogens is 540 g/mol. The van der Waals surface area contributed by atoms with Crippen LogP contribution in [0.25, 0.3) is 10.8 Å². The predicted octanol–water partition coefficient (Wildman–Crippen LogP) is 7.72. The molecule has 31 heavy (non-hydrogen) atoms. The van der Waals surface area contributed by atoms with Crippen LogP contribution in [0.1, 0.15) is 16.7 Å². The average molecular weight is 559 g/mol. The molecule has 4 rings (SSSR count). The van der Waals surface area contributed by atoms with Crippen molar-refractivity contribution >= 4 is 60.4 Å². The van der Waals surface area contributed by atoms with Crippen molar-refractivity contribution in [3.8, 4) is 5.75 Å². The van der Waals surface area contributed by atoms with Crippen LogP contribution in [-0.2, 0) is 13.2 Å². The molecule has 0 saturated carbocycles. The number of hydrogen-bond acceptors (Lipinski definition) is 3. The van der Waals surface area contributed by atoms with Gasteiger partial charge in [-0.15, -0.1) is 0 Å². The van der Waals surface area contributed by atoms with E-state index in [2.05, 4.69) is 72.7 Å². The molecule has 0 aliphatic heterocycles. The van der Waals surface area contributed by atoms with E-state index in [4.69, 9.17) is 16.3 Å². The normalized spacial score (nSPS) is 11.2. The summed E-state index contributed by atoms with van der Waals surface area (Å²) in [6.07, 6.45) is 1.76. The molecule has 0 saturated heterocycles. The Kier molecular flexibility index (Phi) is 7.28. The third kappa shape index (κ3) is 5.48. The minimum absolute atomic E-state index is 0.478. The molecule has 0 unspecified atom stereocenters. The Balaban J connectivity index is 1.43. The van der Waals surface area contributed by atoms with E-state index >= 15 is 0 Å². The van der Waals surface area contributed by atoms with E-state index in [1.54, 1.807) is 6.21 Å². The zero-order valence-corrected chi connectivity index (χ0v) is 20.4. The van der Waals surface area contributed by atoms with Gasteiger partial charge in [-0.25, -0.2) is 0 Å². The van der Waals surface area contributed by atoms with E-state index in [0.717, 1.165) is 36.4 Å². The number of halogens is 3. The van der Waals surface area contributed by atoms with Gasteiger partial charge in [-0.1, -0.05) is 72.3 Å². The lowest BCUT2D eigenvalue weighted by atomic mass is 10.1. The number of nitrogens with zero attached hydrogens (tertiary/aromatic N) is 1. The van der Waals surface area contributed by atoms with Crippen LogP contribution in [0.15, 0.2) is 92.9 Å². The Morgan fingerprint density at radius 1 is 0.871 bits per heavy atom. The van der Waals surface area contributed by atoms with Gasteiger partial charge in [0.2, 0.25) is 0 Å². The second-order valence-corrected chi connectivity index (χ2v) is 9.04. The topological polar surface area (TPSA) is 33.6 Å². The summed E-state index contributed by atoms with van der Waals surface area (Å²) in [4.78, 5) is 0. The summed E-state index contributed by atoms with van der Waals surface area (Å²) in [7, 11) is 0. The van der Waals surface area contributed by atoms with Crippen LogP contribution < -0.4 is 10.2 Å². The summed E-state index contributed by atoms with van der Waals surface area (Å²) in [5.74, 6) is 0.758. The molecule has 156 valence electrons. The van der Waals surface area contributed by atoms with Gasteiger partial charge in [0.1, 0.15) is 12.4 Å². The lowest BCUT2D eigenvalue weighted by Crippen LogP contribution is -2.06. The third-order valence-electron chi connectivity index (χ3n) is 4.80. The van der Waals surface area contributed by atoms with Crippen molar-refractivity contribution in [2.45, 2.75) is 13.2 Å².